The summed E-state index contributed by atoms with van der Waals surface area (Å²) in [7, 11) is 2.18. The molecule has 0 aliphatic carbocycles. The first-order valence-corrected chi connectivity index (χ1v) is 10.4. The quantitative estimate of drug-likeness (QED) is 0.464. The molecule has 1 aliphatic heterocycles. The van der Waals surface area contributed by atoms with Gasteiger partial charge in [-0.3, -0.25) is 9.69 Å². The monoisotopic (exact) mass is 415 g/mol. The van der Waals surface area contributed by atoms with Crippen molar-refractivity contribution in [2.75, 3.05) is 38.5 Å². The molecule has 5 rings (SSSR count). The van der Waals surface area contributed by atoms with Crippen molar-refractivity contribution in [2.24, 2.45) is 0 Å². The number of hydrogen-bond donors (Lipinski definition) is 3. The maximum atomic E-state index is 11.3. The molecule has 0 unspecified atom stereocenters. The molecule has 3 N–H and O–H groups in total. The number of pyridine rings is 1. The van der Waals surface area contributed by atoms with E-state index in [2.05, 4.69) is 72.4 Å². The largest absolute Gasteiger partial charge is 0.339 e. The number of piperazine rings is 1. The number of H-pyrrole nitrogens is 2. The summed E-state index contributed by atoms with van der Waals surface area (Å²) >= 11 is 0. The lowest BCUT2D eigenvalue weighted by atomic mass is 10.1. The number of nitrogens with one attached hydrogen (secondary N) is 3. The standard InChI is InChI=1S/C23H25N7O/c1-29-8-10-30(11-9-29)14-16-2-4-17(5-3-16)20-12-19-22(25-15-26-23(19)28-20)27-18-6-7-21(31)24-13-18/h2-7,12-13,15H,8-11,14H2,1H3,(H,24,31)(H2,25,26,27,28). The van der Waals surface area contributed by atoms with Crippen LogP contribution in [0.5, 0.6) is 0 Å². The first-order valence-electron chi connectivity index (χ1n) is 10.4. The molecule has 0 bridgehead atoms. The Kier molecular flexibility index (Phi) is 5.23. The minimum atomic E-state index is -0.140. The zero-order valence-electron chi connectivity index (χ0n) is 17.4. The molecule has 0 atom stereocenters. The molecule has 158 valence electrons. The highest BCUT2D eigenvalue weighted by Gasteiger charge is 2.14. The molecule has 8 heteroatoms. The van der Waals surface area contributed by atoms with E-state index < -0.39 is 0 Å². The number of hydrogen-bond acceptors (Lipinski definition) is 6. The van der Waals surface area contributed by atoms with Gasteiger partial charge in [0.2, 0.25) is 5.56 Å². The highest BCUT2D eigenvalue weighted by Crippen LogP contribution is 2.28. The molecule has 0 amide bonds. The van der Waals surface area contributed by atoms with Gasteiger partial charge < -0.3 is 20.2 Å². The van der Waals surface area contributed by atoms with Gasteiger partial charge in [0.15, 0.2) is 0 Å². The molecular weight excluding hydrogens is 390 g/mol. The molecule has 1 saturated heterocycles. The number of anilines is 2. The van der Waals surface area contributed by atoms with Crippen molar-refractivity contribution in [3.63, 3.8) is 0 Å². The Balaban J connectivity index is 1.35. The molecule has 0 spiro atoms. The lowest BCUT2D eigenvalue weighted by Gasteiger charge is -2.32. The van der Waals surface area contributed by atoms with Gasteiger partial charge in [-0.25, -0.2) is 9.97 Å². The summed E-state index contributed by atoms with van der Waals surface area (Å²) in [5.41, 5.74) is 4.80. The minimum Gasteiger partial charge on any atom is -0.339 e. The summed E-state index contributed by atoms with van der Waals surface area (Å²) in [6.45, 7) is 5.47. The second-order valence-corrected chi connectivity index (χ2v) is 8.01. The highest BCUT2D eigenvalue weighted by atomic mass is 16.1. The van der Waals surface area contributed by atoms with Gasteiger partial charge in [0, 0.05) is 50.7 Å². The highest BCUT2D eigenvalue weighted by molar-refractivity contribution is 5.92. The van der Waals surface area contributed by atoms with E-state index in [9.17, 15) is 4.79 Å². The van der Waals surface area contributed by atoms with E-state index >= 15 is 0 Å². The molecule has 3 aromatic heterocycles. The Bertz CT molecular complexity index is 1220. The molecule has 8 nitrogen and oxygen atoms in total. The van der Waals surface area contributed by atoms with Crippen molar-refractivity contribution in [3.05, 3.63) is 70.9 Å². The number of likely N-dealkylation sites (N-methyl/N-ethyl adjacent to an activating group) is 1. The third kappa shape index (κ3) is 4.35. The summed E-state index contributed by atoms with van der Waals surface area (Å²) in [4.78, 5) is 30.9. The van der Waals surface area contributed by atoms with Gasteiger partial charge in [-0.05, 0) is 30.3 Å². The van der Waals surface area contributed by atoms with E-state index in [0.717, 1.165) is 60.7 Å². The lowest BCUT2D eigenvalue weighted by molar-refractivity contribution is 0.148. The number of aromatic amines is 2. The fourth-order valence-corrected chi connectivity index (χ4v) is 3.87. The minimum absolute atomic E-state index is 0.140. The van der Waals surface area contributed by atoms with Crippen molar-refractivity contribution >= 4 is 22.5 Å². The molecule has 0 saturated carbocycles. The van der Waals surface area contributed by atoms with Gasteiger partial charge in [0.1, 0.15) is 17.8 Å². The zero-order valence-corrected chi connectivity index (χ0v) is 17.4. The van der Waals surface area contributed by atoms with Crippen LogP contribution >= 0.6 is 0 Å². The fourth-order valence-electron chi connectivity index (χ4n) is 3.87. The summed E-state index contributed by atoms with van der Waals surface area (Å²) in [6.07, 6.45) is 3.15. The van der Waals surface area contributed by atoms with Crippen LogP contribution in [0.3, 0.4) is 0 Å². The normalized spacial score (nSPS) is 15.4. The van der Waals surface area contributed by atoms with Crippen LogP contribution in [0.15, 0.2) is 59.8 Å². The van der Waals surface area contributed by atoms with Crippen molar-refractivity contribution < 1.29 is 0 Å². The van der Waals surface area contributed by atoms with E-state index in [1.54, 1.807) is 12.3 Å². The molecule has 1 aromatic carbocycles. The van der Waals surface area contributed by atoms with Crippen molar-refractivity contribution in [1.29, 1.82) is 0 Å². The topological polar surface area (TPSA) is 92.9 Å². The van der Waals surface area contributed by atoms with Crippen LogP contribution in [0.4, 0.5) is 11.5 Å². The van der Waals surface area contributed by atoms with E-state index in [0.29, 0.717) is 5.82 Å². The third-order valence-corrected chi connectivity index (χ3v) is 5.74. The first kappa shape index (κ1) is 19.5. The second-order valence-electron chi connectivity index (χ2n) is 8.01. The average Bonchev–Trinajstić information content (AvgIpc) is 3.23. The van der Waals surface area contributed by atoms with Gasteiger partial charge in [-0.1, -0.05) is 24.3 Å². The Morgan fingerprint density at radius 2 is 1.84 bits per heavy atom. The maximum Gasteiger partial charge on any atom is 0.248 e. The fraction of sp³-hybridized carbons (Fsp3) is 0.261. The van der Waals surface area contributed by atoms with Crippen LogP contribution in [0.1, 0.15) is 5.56 Å². The van der Waals surface area contributed by atoms with E-state index in [1.807, 2.05) is 0 Å². The average molecular weight is 416 g/mol. The molecule has 0 radical (unpaired) electrons. The summed E-state index contributed by atoms with van der Waals surface area (Å²) in [5.74, 6) is 0.686. The number of benzene rings is 1. The van der Waals surface area contributed by atoms with Crippen LogP contribution in [-0.2, 0) is 6.54 Å². The molecule has 4 aromatic rings. The lowest BCUT2D eigenvalue weighted by Crippen LogP contribution is -2.43. The van der Waals surface area contributed by atoms with E-state index in [-0.39, 0.29) is 5.56 Å². The van der Waals surface area contributed by atoms with Gasteiger partial charge in [0.25, 0.3) is 0 Å². The smallest absolute Gasteiger partial charge is 0.248 e. The van der Waals surface area contributed by atoms with Crippen molar-refractivity contribution in [1.82, 2.24) is 29.7 Å². The van der Waals surface area contributed by atoms with Gasteiger partial charge in [-0.15, -0.1) is 0 Å². The summed E-state index contributed by atoms with van der Waals surface area (Å²) < 4.78 is 0. The van der Waals surface area contributed by atoms with Crippen LogP contribution in [0.2, 0.25) is 0 Å². The van der Waals surface area contributed by atoms with Gasteiger partial charge in [-0.2, -0.15) is 0 Å². The van der Waals surface area contributed by atoms with Crippen LogP contribution < -0.4 is 10.9 Å². The van der Waals surface area contributed by atoms with Crippen molar-refractivity contribution in [2.45, 2.75) is 6.54 Å². The van der Waals surface area contributed by atoms with Gasteiger partial charge in [0.05, 0.1) is 11.1 Å². The van der Waals surface area contributed by atoms with Crippen molar-refractivity contribution in [3.8, 4) is 11.3 Å². The molecular formula is C23H25N7O. The summed E-state index contributed by atoms with van der Waals surface area (Å²) in [5, 5.41) is 4.14. The SMILES string of the molecule is CN1CCN(Cc2ccc(-c3cc4c(Nc5ccc(=O)[nH]c5)ncnc4[nH]3)cc2)CC1. The first-order chi connectivity index (χ1) is 15.1. The molecule has 4 heterocycles. The Hall–Kier alpha value is -3.49. The molecule has 1 fully saturated rings. The Morgan fingerprint density at radius 1 is 1.03 bits per heavy atom. The second kappa shape index (κ2) is 8.33. The Labute approximate surface area is 180 Å². The van der Waals surface area contributed by atoms with Crippen LogP contribution in [0.25, 0.3) is 22.3 Å². The predicted octanol–water partition coefficient (Wildman–Crippen LogP) is 2.80. The maximum absolute atomic E-state index is 11.3. The van der Waals surface area contributed by atoms with Gasteiger partial charge >= 0.3 is 0 Å². The van der Waals surface area contributed by atoms with E-state index in [1.165, 1.54) is 18.0 Å². The predicted molar refractivity (Wildman–Crippen MR) is 122 cm³/mol. The Morgan fingerprint density at radius 3 is 2.58 bits per heavy atom. The molecule has 31 heavy (non-hydrogen) atoms. The number of nitrogens with zero attached hydrogens (tertiary/aromatic N) is 4. The zero-order chi connectivity index (χ0) is 21.2. The number of fused-ring (bicyclic) bond motifs is 1. The third-order valence-electron chi connectivity index (χ3n) is 5.74. The summed E-state index contributed by atoms with van der Waals surface area (Å²) in [6, 6.07) is 14.0. The number of aromatic nitrogens is 4. The number of rotatable bonds is 5. The van der Waals surface area contributed by atoms with E-state index in [4.69, 9.17) is 0 Å². The van der Waals surface area contributed by atoms with Crippen LogP contribution in [-0.4, -0.2) is 63.0 Å². The molecule has 1 aliphatic rings. The van der Waals surface area contributed by atoms with Crippen LogP contribution in [0, 0.1) is 0 Å².